The molecule has 1 aromatic carbocycles. The van der Waals surface area contributed by atoms with Gasteiger partial charge in [0.1, 0.15) is 3.57 Å². The third-order valence-corrected chi connectivity index (χ3v) is 2.95. The van der Waals surface area contributed by atoms with Crippen molar-refractivity contribution in [2.24, 2.45) is 0 Å². The minimum atomic E-state index is -3.16. The second-order valence-electron chi connectivity index (χ2n) is 2.97. The highest BCUT2D eigenvalue weighted by atomic mass is 127. The van der Waals surface area contributed by atoms with Crippen LogP contribution in [0, 0.1) is 13.7 Å². The third kappa shape index (κ3) is 3.08. The number of benzene rings is 1. The molecule has 1 aromatic rings. The van der Waals surface area contributed by atoms with Gasteiger partial charge < -0.3 is 4.74 Å². The van der Waals surface area contributed by atoms with Crippen molar-refractivity contribution in [3.05, 3.63) is 31.4 Å². The summed E-state index contributed by atoms with van der Waals surface area (Å²) in [7, 11) is 0. The molecule has 0 aliphatic rings. The van der Waals surface area contributed by atoms with E-state index in [4.69, 9.17) is 0 Å². The molecule has 1 rings (SSSR count). The molecule has 0 aromatic heterocycles. The number of alkyl halides is 2. The van der Waals surface area contributed by atoms with E-state index >= 15 is 0 Å². The lowest BCUT2D eigenvalue weighted by atomic mass is 10.1. The van der Waals surface area contributed by atoms with E-state index < -0.39 is 23.0 Å². The number of nitro benzene ring substituents is 1. The molecule has 0 aliphatic carbocycles. The van der Waals surface area contributed by atoms with Crippen LogP contribution in [-0.4, -0.2) is 17.3 Å². The topological polar surface area (TPSA) is 69.4 Å². The van der Waals surface area contributed by atoms with E-state index in [-0.39, 0.29) is 14.9 Å². The van der Waals surface area contributed by atoms with Crippen molar-refractivity contribution in [1.29, 1.82) is 0 Å². The molecular formula is C9H6F2INO4. The number of ether oxygens (including phenoxy) is 1. The van der Waals surface area contributed by atoms with Gasteiger partial charge in [0.2, 0.25) is 5.75 Å². The summed E-state index contributed by atoms with van der Waals surface area (Å²) in [6, 6.07) is 2.21. The molecule has 0 aliphatic heterocycles. The zero-order valence-corrected chi connectivity index (χ0v) is 10.6. The van der Waals surface area contributed by atoms with Crippen molar-refractivity contribution in [2.45, 2.75) is 13.5 Å². The smallest absolute Gasteiger partial charge is 0.387 e. The number of halogens is 3. The van der Waals surface area contributed by atoms with Crippen molar-refractivity contribution >= 4 is 34.1 Å². The van der Waals surface area contributed by atoms with Crippen molar-refractivity contribution < 1.29 is 23.2 Å². The lowest BCUT2D eigenvalue weighted by Crippen LogP contribution is -2.08. The van der Waals surface area contributed by atoms with Gasteiger partial charge in [-0.1, -0.05) is 0 Å². The molecule has 0 fully saturated rings. The maximum Gasteiger partial charge on any atom is 0.387 e. The lowest BCUT2D eigenvalue weighted by molar-refractivity contribution is -0.387. The quantitative estimate of drug-likeness (QED) is 0.360. The van der Waals surface area contributed by atoms with Crippen LogP contribution in [0.1, 0.15) is 17.3 Å². The zero-order chi connectivity index (χ0) is 13.2. The van der Waals surface area contributed by atoms with Gasteiger partial charge in [-0.15, -0.1) is 0 Å². The molecular weight excluding hydrogens is 351 g/mol. The van der Waals surface area contributed by atoms with Crippen LogP contribution < -0.4 is 4.74 Å². The second kappa shape index (κ2) is 5.34. The molecule has 0 N–H and O–H groups in total. The van der Waals surface area contributed by atoms with Gasteiger partial charge in [-0.2, -0.15) is 8.78 Å². The fourth-order valence-electron chi connectivity index (χ4n) is 1.18. The predicted octanol–water partition coefficient (Wildman–Crippen LogP) is 3.00. The Kier molecular flexibility index (Phi) is 4.32. The molecule has 0 saturated heterocycles. The van der Waals surface area contributed by atoms with Crippen molar-refractivity contribution in [3.8, 4) is 5.75 Å². The van der Waals surface area contributed by atoms with Crippen LogP contribution in [0.15, 0.2) is 12.1 Å². The summed E-state index contributed by atoms with van der Waals surface area (Å²) >= 11 is 1.56. The van der Waals surface area contributed by atoms with Gasteiger partial charge in [-0.25, -0.2) is 0 Å². The summed E-state index contributed by atoms with van der Waals surface area (Å²) in [4.78, 5) is 21.1. The first-order chi connectivity index (χ1) is 7.84. The van der Waals surface area contributed by atoms with Gasteiger partial charge in [0, 0.05) is 5.56 Å². The Morgan fingerprint density at radius 1 is 1.53 bits per heavy atom. The number of carbonyl (C=O) groups excluding carboxylic acids is 1. The first-order valence-corrected chi connectivity index (χ1v) is 5.35. The molecule has 5 nitrogen and oxygen atoms in total. The molecule has 0 amide bonds. The highest BCUT2D eigenvalue weighted by Gasteiger charge is 2.25. The largest absolute Gasteiger partial charge is 0.427 e. The molecule has 17 heavy (non-hydrogen) atoms. The number of nitrogens with zero attached hydrogens (tertiary/aromatic N) is 1. The van der Waals surface area contributed by atoms with E-state index in [1.165, 1.54) is 13.0 Å². The fourth-order valence-corrected chi connectivity index (χ4v) is 2.20. The maximum atomic E-state index is 12.0. The van der Waals surface area contributed by atoms with Gasteiger partial charge in [0.15, 0.2) is 5.78 Å². The van der Waals surface area contributed by atoms with Crippen LogP contribution in [0.25, 0.3) is 0 Å². The highest BCUT2D eigenvalue weighted by Crippen LogP contribution is 2.35. The Labute approximate surface area is 108 Å². The van der Waals surface area contributed by atoms with E-state index in [2.05, 4.69) is 4.74 Å². The number of ketones is 1. The number of carbonyl (C=O) groups is 1. The van der Waals surface area contributed by atoms with Gasteiger partial charge in [-0.3, -0.25) is 14.9 Å². The van der Waals surface area contributed by atoms with Crippen molar-refractivity contribution in [1.82, 2.24) is 0 Å². The fraction of sp³-hybridized carbons (Fsp3) is 0.222. The molecule has 0 unspecified atom stereocenters. The monoisotopic (exact) mass is 357 g/mol. The Morgan fingerprint density at radius 3 is 2.53 bits per heavy atom. The van der Waals surface area contributed by atoms with Crippen LogP contribution in [-0.2, 0) is 0 Å². The first kappa shape index (κ1) is 13.7. The number of Topliss-reactive ketones (excluding diaryl/α,β-unsaturated/α-hetero) is 1. The molecule has 0 heterocycles. The van der Waals surface area contributed by atoms with E-state index in [9.17, 15) is 23.7 Å². The summed E-state index contributed by atoms with van der Waals surface area (Å²) in [5, 5.41) is 10.8. The van der Waals surface area contributed by atoms with Crippen LogP contribution in [0.2, 0.25) is 0 Å². The van der Waals surface area contributed by atoms with E-state index in [1.807, 2.05) is 0 Å². The second-order valence-corrected chi connectivity index (χ2v) is 4.04. The average molecular weight is 357 g/mol. The molecule has 0 spiro atoms. The number of nitro groups is 1. The Bertz CT molecular complexity index is 478. The summed E-state index contributed by atoms with van der Waals surface area (Å²) in [6.45, 7) is -1.93. The summed E-state index contributed by atoms with van der Waals surface area (Å²) in [5.74, 6) is -0.944. The van der Waals surface area contributed by atoms with Crippen LogP contribution in [0.5, 0.6) is 5.75 Å². The molecule has 0 atom stereocenters. The van der Waals surface area contributed by atoms with Crippen molar-refractivity contribution in [3.63, 3.8) is 0 Å². The normalized spacial score (nSPS) is 10.4. The first-order valence-electron chi connectivity index (χ1n) is 4.27. The summed E-state index contributed by atoms with van der Waals surface area (Å²) in [6.07, 6.45) is 0. The van der Waals surface area contributed by atoms with Gasteiger partial charge in [0.25, 0.3) is 0 Å². The molecule has 0 bridgehead atoms. The predicted molar refractivity (Wildman–Crippen MR) is 62.4 cm³/mol. The third-order valence-electron chi connectivity index (χ3n) is 1.86. The van der Waals surface area contributed by atoms with E-state index in [0.717, 1.165) is 6.07 Å². The Balaban J connectivity index is 3.39. The van der Waals surface area contributed by atoms with Gasteiger partial charge in [0.05, 0.1) is 4.92 Å². The average Bonchev–Trinajstić information content (AvgIpc) is 2.15. The molecule has 0 radical (unpaired) electrons. The number of rotatable bonds is 4. The zero-order valence-electron chi connectivity index (χ0n) is 8.45. The van der Waals surface area contributed by atoms with Gasteiger partial charge in [-0.05, 0) is 41.6 Å². The maximum absolute atomic E-state index is 12.0. The standard InChI is InChI=1S/C9H6F2INO4/c1-4(14)5-2-3-6(17-9(10)11)8(7(5)12)13(15)16/h2-3,9H,1H3. The number of hydrogen-bond donors (Lipinski definition) is 0. The Morgan fingerprint density at radius 2 is 2.12 bits per heavy atom. The SMILES string of the molecule is CC(=O)c1ccc(OC(F)F)c([N+](=O)[O-])c1I. The minimum Gasteiger partial charge on any atom is -0.427 e. The summed E-state index contributed by atoms with van der Waals surface area (Å²) < 4.78 is 28.1. The molecule has 92 valence electrons. The van der Waals surface area contributed by atoms with Crippen molar-refractivity contribution in [2.75, 3.05) is 0 Å². The van der Waals surface area contributed by atoms with Crippen LogP contribution in [0.3, 0.4) is 0 Å². The summed E-state index contributed by atoms with van der Waals surface area (Å²) in [5.41, 5.74) is -0.530. The Hall–Kier alpha value is -1.32. The molecule has 8 heteroatoms. The van der Waals surface area contributed by atoms with Crippen LogP contribution >= 0.6 is 22.6 Å². The van der Waals surface area contributed by atoms with Crippen LogP contribution in [0.4, 0.5) is 14.5 Å². The minimum absolute atomic E-state index is 0.0155. The van der Waals surface area contributed by atoms with Gasteiger partial charge >= 0.3 is 12.3 Å². The molecule has 0 saturated carbocycles. The van der Waals surface area contributed by atoms with E-state index in [0.29, 0.717) is 0 Å². The lowest BCUT2D eigenvalue weighted by Gasteiger charge is -2.08. The number of hydrogen-bond acceptors (Lipinski definition) is 4. The van der Waals surface area contributed by atoms with E-state index in [1.54, 1.807) is 22.6 Å². The highest BCUT2D eigenvalue weighted by molar-refractivity contribution is 14.1.